The molecule has 0 saturated heterocycles. The largest absolute Gasteiger partial charge is 0.494 e. The van der Waals surface area contributed by atoms with Crippen LogP contribution in [-0.2, 0) is 11.3 Å². The molecule has 4 bridgehead atoms. The number of methoxy groups -OCH3 is 1. The molecule has 2 N–H and O–H groups in total. The first-order valence-corrected chi connectivity index (χ1v) is 9.31. The first-order chi connectivity index (χ1) is 12.3. The van der Waals surface area contributed by atoms with E-state index in [-0.39, 0.29) is 29.2 Å². The molecule has 1 aromatic rings. The minimum absolute atomic E-state index is 0.0568. The third-order valence-corrected chi connectivity index (χ3v) is 6.51. The lowest BCUT2D eigenvalue weighted by Crippen LogP contribution is -2.56. The van der Waals surface area contributed by atoms with Gasteiger partial charge in [0.2, 0.25) is 11.7 Å². The van der Waals surface area contributed by atoms with Gasteiger partial charge in [-0.25, -0.2) is 4.39 Å². The van der Waals surface area contributed by atoms with E-state index in [0.717, 1.165) is 25.7 Å². The van der Waals surface area contributed by atoms with E-state index in [0.29, 0.717) is 24.7 Å². The maximum atomic E-state index is 14.0. The highest BCUT2D eigenvalue weighted by molar-refractivity contribution is 5.76. The number of hydrogen-bond acceptors (Lipinski definition) is 3. The summed E-state index contributed by atoms with van der Waals surface area (Å²) in [6.07, 6.45) is 5.92. The van der Waals surface area contributed by atoms with Gasteiger partial charge in [0.25, 0.3) is 0 Å². The van der Waals surface area contributed by atoms with Crippen LogP contribution in [0.25, 0.3) is 0 Å². The SMILES string of the molecule is COc1ccc(CNC(=O)CC23CC4CC(CC(O)(C4)C2)C3)c(F)c1F. The van der Waals surface area contributed by atoms with Gasteiger partial charge in [0.1, 0.15) is 0 Å². The van der Waals surface area contributed by atoms with Gasteiger partial charge in [-0.15, -0.1) is 0 Å². The molecule has 142 valence electrons. The van der Waals surface area contributed by atoms with Gasteiger partial charge in [0.15, 0.2) is 11.6 Å². The maximum Gasteiger partial charge on any atom is 0.220 e. The lowest BCUT2D eigenvalue weighted by atomic mass is 9.47. The van der Waals surface area contributed by atoms with Crippen molar-refractivity contribution in [2.45, 2.75) is 57.1 Å². The Hall–Kier alpha value is -1.69. The second-order valence-electron chi connectivity index (χ2n) is 8.69. The molecule has 2 unspecified atom stereocenters. The molecule has 0 aromatic heterocycles. The number of halogens is 2. The predicted octanol–water partition coefficient (Wildman–Crippen LogP) is 3.31. The molecule has 5 rings (SSSR count). The summed E-state index contributed by atoms with van der Waals surface area (Å²) in [6, 6.07) is 2.78. The number of hydrogen-bond donors (Lipinski definition) is 2. The lowest BCUT2D eigenvalue weighted by Gasteiger charge is -2.60. The van der Waals surface area contributed by atoms with Crippen molar-refractivity contribution in [3.63, 3.8) is 0 Å². The van der Waals surface area contributed by atoms with Gasteiger partial charge in [-0.3, -0.25) is 4.79 Å². The molecule has 6 heteroatoms. The average molecular weight is 365 g/mol. The van der Waals surface area contributed by atoms with E-state index in [9.17, 15) is 18.7 Å². The molecule has 0 spiro atoms. The first-order valence-electron chi connectivity index (χ1n) is 9.31. The quantitative estimate of drug-likeness (QED) is 0.842. The molecule has 0 radical (unpaired) electrons. The van der Waals surface area contributed by atoms with Crippen molar-refractivity contribution in [1.82, 2.24) is 5.32 Å². The Morgan fingerprint density at radius 2 is 1.92 bits per heavy atom. The van der Waals surface area contributed by atoms with Gasteiger partial charge < -0.3 is 15.2 Å². The van der Waals surface area contributed by atoms with E-state index in [4.69, 9.17) is 4.74 Å². The van der Waals surface area contributed by atoms with E-state index >= 15 is 0 Å². The molecule has 2 atom stereocenters. The van der Waals surface area contributed by atoms with E-state index in [1.165, 1.54) is 25.7 Å². The minimum Gasteiger partial charge on any atom is -0.494 e. The highest BCUT2D eigenvalue weighted by Gasteiger charge is 2.57. The summed E-state index contributed by atoms with van der Waals surface area (Å²) in [5.41, 5.74) is -0.636. The molecule has 4 fully saturated rings. The fourth-order valence-corrected chi connectivity index (χ4v) is 6.07. The van der Waals surface area contributed by atoms with Crippen molar-refractivity contribution < 1.29 is 23.4 Å². The number of ether oxygens (including phenoxy) is 1. The van der Waals surface area contributed by atoms with Crippen molar-refractivity contribution in [1.29, 1.82) is 0 Å². The third kappa shape index (κ3) is 3.08. The van der Waals surface area contributed by atoms with E-state index in [1.807, 2.05) is 0 Å². The van der Waals surface area contributed by atoms with E-state index < -0.39 is 17.2 Å². The standard InChI is InChI=1S/C20H25F2NO3/c1-26-15-3-2-14(17(21)18(15)22)10-23-16(24)9-19-5-12-4-13(6-19)8-20(25,7-12)11-19/h2-3,12-13,25H,4-11H2,1H3,(H,23,24). The molecule has 0 heterocycles. The van der Waals surface area contributed by atoms with Crippen LogP contribution < -0.4 is 10.1 Å². The number of carbonyl (C=O) groups is 1. The normalized spacial score (nSPS) is 34.8. The molecule has 1 aromatic carbocycles. The Bertz CT molecular complexity index is 722. The Kier molecular flexibility index (Phi) is 4.21. The zero-order chi connectivity index (χ0) is 18.5. The highest BCUT2D eigenvalue weighted by atomic mass is 19.2. The van der Waals surface area contributed by atoms with Crippen LogP contribution in [-0.4, -0.2) is 23.7 Å². The summed E-state index contributed by atoms with van der Waals surface area (Å²) in [6.45, 7) is -0.0568. The molecular weight excluding hydrogens is 340 g/mol. The minimum atomic E-state index is -1.04. The van der Waals surface area contributed by atoms with Crippen LogP contribution in [0.4, 0.5) is 8.78 Å². The summed E-state index contributed by atoms with van der Waals surface area (Å²) < 4.78 is 32.6. The van der Waals surface area contributed by atoms with Crippen molar-refractivity contribution >= 4 is 5.91 Å². The summed E-state index contributed by atoms with van der Waals surface area (Å²) >= 11 is 0. The fourth-order valence-electron chi connectivity index (χ4n) is 6.07. The van der Waals surface area contributed by atoms with Gasteiger partial charge in [-0.1, -0.05) is 6.07 Å². The van der Waals surface area contributed by atoms with Crippen molar-refractivity contribution in [3.8, 4) is 5.75 Å². The number of carbonyl (C=O) groups excluding carboxylic acids is 1. The van der Waals surface area contributed by atoms with Crippen molar-refractivity contribution in [2.75, 3.05) is 7.11 Å². The van der Waals surface area contributed by atoms with Crippen LogP contribution in [0.15, 0.2) is 12.1 Å². The van der Waals surface area contributed by atoms with Crippen LogP contribution in [0.5, 0.6) is 5.75 Å². The fraction of sp³-hybridized carbons (Fsp3) is 0.650. The zero-order valence-corrected chi connectivity index (χ0v) is 15.0. The Balaban J connectivity index is 1.40. The van der Waals surface area contributed by atoms with E-state index in [1.54, 1.807) is 0 Å². The smallest absolute Gasteiger partial charge is 0.220 e. The molecule has 26 heavy (non-hydrogen) atoms. The Morgan fingerprint density at radius 1 is 1.23 bits per heavy atom. The van der Waals surface area contributed by atoms with Crippen molar-refractivity contribution in [3.05, 3.63) is 29.3 Å². The summed E-state index contributed by atoms with van der Waals surface area (Å²) in [5, 5.41) is 13.5. The number of aliphatic hydroxyl groups is 1. The van der Waals surface area contributed by atoms with Gasteiger partial charge in [0, 0.05) is 18.5 Å². The van der Waals surface area contributed by atoms with Gasteiger partial charge in [0.05, 0.1) is 12.7 Å². The van der Waals surface area contributed by atoms with Crippen LogP contribution in [0.2, 0.25) is 0 Å². The zero-order valence-electron chi connectivity index (χ0n) is 15.0. The van der Waals surface area contributed by atoms with Gasteiger partial charge >= 0.3 is 0 Å². The van der Waals surface area contributed by atoms with Gasteiger partial charge in [-0.2, -0.15) is 4.39 Å². The number of amides is 1. The Labute approximate surface area is 151 Å². The third-order valence-electron chi connectivity index (χ3n) is 6.51. The molecule has 4 saturated carbocycles. The maximum absolute atomic E-state index is 14.0. The molecule has 0 aliphatic heterocycles. The monoisotopic (exact) mass is 365 g/mol. The van der Waals surface area contributed by atoms with Crippen LogP contribution in [0.1, 0.15) is 50.5 Å². The molecule has 4 aliphatic rings. The molecule has 1 amide bonds. The number of benzene rings is 1. The number of nitrogens with one attached hydrogen (secondary N) is 1. The topological polar surface area (TPSA) is 58.6 Å². The average Bonchev–Trinajstić information content (AvgIpc) is 2.53. The summed E-state index contributed by atoms with van der Waals surface area (Å²) in [4.78, 5) is 12.5. The van der Waals surface area contributed by atoms with Crippen LogP contribution in [0.3, 0.4) is 0 Å². The Morgan fingerprint density at radius 3 is 2.54 bits per heavy atom. The predicted molar refractivity (Wildman–Crippen MR) is 91.4 cm³/mol. The van der Waals surface area contributed by atoms with Crippen LogP contribution >= 0.6 is 0 Å². The summed E-state index contributed by atoms with van der Waals surface area (Å²) in [5.74, 6) is -1.31. The van der Waals surface area contributed by atoms with Gasteiger partial charge in [-0.05, 0) is 61.8 Å². The summed E-state index contributed by atoms with van der Waals surface area (Å²) in [7, 11) is 1.28. The molecular formula is C20H25F2NO3. The number of rotatable bonds is 5. The second-order valence-corrected chi connectivity index (χ2v) is 8.69. The van der Waals surface area contributed by atoms with Crippen LogP contribution in [0, 0.1) is 28.9 Å². The first kappa shape index (κ1) is 17.7. The molecule has 4 nitrogen and oxygen atoms in total. The lowest BCUT2D eigenvalue weighted by molar-refractivity contribution is -0.169. The van der Waals surface area contributed by atoms with Crippen molar-refractivity contribution in [2.24, 2.45) is 17.3 Å². The molecule has 4 aliphatic carbocycles. The van der Waals surface area contributed by atoms with E-state index in [2.05, 4.69) is 5.32 Å². The second kappa shape index (κ2) is 6.19. The highest BCUT2D eigenvalue weighted by Crippen LogP contribution is 2.62.